The summed E-state index contributed by atoms with van der Waals surface area (Å²) in [4.78, 5) is 10.5. The Balaban J connectivity index is 1.69. The highest BCUT2D eigenvalue weighted by molar-refractivity contribution is 5.60. The van der Waals surface area contributed by atoms with E-state index in [1.165, 1.54) is 0 Å². The summed E-state index contributed by atoms with van der Waals surface area (Å²) < 4.78 is 15.9. The number of aldehydes is 1. The molecule has 0 N–H and O–H groups in total. The minimum absolute atomic E-state index is 0.0402. The fourth-order valence-corrected chi connectivity index (χ4v) is 1.88. The van der Waals surface area contributed by atoms with Crippen LogP contribution in [0.3, 0.4) is 0 Å². The van der Waals surface area contributed by atoms with E-state index in [2.05, 4.69) is 0 Å². The first-order chi connectivity index (χ1) is 8.74. The van der Waals surface area contributed by atoms with Gasteiger partial charge in [0.2, 0.25) is 0 Å². The van der Waals surface area contributed by atoms with Gasteiger partial charge in [-0.15, -0.1) is 0 Å². The smallest absolute Gasteiger partial charge is 0.151 e. The van der Waals surface area contributed by atoms with Crippen molar-refractivity contribution in [2.45, 2.75) is 25.7 Å². The Morgan fingerprint density at radius 2 is 2.11 bits per heavy atom. The van der Waals surface area contributed by atoms with Crippen LogP contribution in [0.1, 0.15) is 12.5 Å². The number of epoxide rings is 1. The van der Waals surface area contributed by atoms with E-state index in [1.807, 2.05) is 31.2 Å². The zero-order valence-electron chi connectivity index (χ0n) is 10.7. The third-order valence-corrected chi connectivity index (χ3v) is 3.06. The second-order valence-corrected chi connectivity index (χ2v) is 4.54. The van der Waals surface area contributed by atoms with Crippen LogP contribution in [0.4, 0.5) is 0 Å². The second kappa shape index (κ2) is 5.98. The van der Waals surface area contributed by atoms with E-state index in [1.54, 1.807) is 7.11 Å². The van der Waals surface area contributed by atoms with Crippen molar-refractivity contribution in [1.29, 1.82) is 0 Å². The highest BCUT2D eigenvalue weighted by Crippen LogP contribution is 2.28. The summed E-state index contributed by atoms with van der Waals surface area (Å²) in [5.41, 5.74) is 1.10. The summed E-state index contributed by atoms with van der Waals surface area (Å²) in [6.07, 6.45) is 0.674. The van der Waals surface area contributed by atoms with Gasteiger partial charge in [0.15, 0.2) is 6.29 Å². The number of methoxy groups -OCH3 is 1. The van der Waals surface area contributed by atoms with Gasteiger partial charge < -0.3 is 19.0 Å². The lowest BCUT2D eigenvalue weighted by Gasteiger charge is -2.09. The Morgan fingerprint density at radius 3 is 2.67 bits per heavy atom. The molecule has 0 saturated carbocycles. The van der Waals surface area contributed by atoms with Crippen LogP contribution in [0.25, 0.3) is 0 Å². The van der Waals surface area contributed by atoms with Gasteiger partial charge in [-0.05, 0) is 17.7 Å². The van der Waals surface area contributed by atoms with Gasteiger partial charge in [-0.3, -0.25) is 0 Å². The minimum Gasteiger partial charge on any atom is -0.497 e. The number of benzene rings is 1. The van der Waals surface area contributed by atoms with E-state index in [4.69, 9.17) is 14.2 Å². The number of carbonyl (C=O) groups is 1. The van der Waals surface area contributed by atoms with Crippen molar-refractivity contribution in [3.05, 3.63) is 29.8 Å². The molecule has 0 aromatic heterocycles. The van der Waals surface area contributed by atoms with Crippen LogP contribution in [-0.2, 0) is 20.9 Å². The maximum atomic E-state index is 10.5. The van der Waals surface area contributed by atoms with Crippen molar-refractivity contribution in [3.8, 4) is 5.75 Å². The SMILES string of the molecule is COc1ccc(COC[C@H](C)[C@@H]2O[C@H]2C=O)cc1. The molecule has 2 rings (SSSR count). The van der Waals surface area contributed by atoms with Crippen molar-refractivity contribution in [3.63, 3.8) is 0 Å². The molecule has 1 aromatic carbocycles. The topological polar surface area (TPSA) is 48.1 Å². The van der Waals surface area contributed by atoms with Crippen LogP contribution < -0.4 is 4.74 Å². The first-order valence-corrected chi connectivity index (χ1v) is 6.06. The Kier molecular flexibility index (Phi) is 4.33. The summed E-state index contributed by atoms with van der Waals surface area (Å²) in [5, 5.41) is 0. The Morgan fingerprint density at radius 1 is 1.39 bits per heavy atom. The first kappa shape index (κ1) is 13.1. The zero-order chi connectivity index (χ0) is 13.0. The van der Waals surface area contributed by atoms with Gasteiger partial charge in [-0.25, -0.2) is 0 Å². The molecule has 0 aliphatic carbocycles. The van der Waals surface area contributed by atoms with Crippen molar-refractivity contribution in [2.75, 3.05) is 13.7 Å². The first-order valence-electron chi connectivity index (χ1n) is 6.06. The van der Waals surface area contributed by atoms with Crippen LogP contribution in [0.2, 0.25) is 0 Å². The highest BCUT2D eigenvalue weighted by atomic mass is 16.6. The third-order valence-electron chi connectivity index (χ3n) is 3.06. The van der Waals surface area contributed by atoms with Crippen LogP contribution in [0.15, 0.2) is 24.3 Å². The predicted molar refractivity (Wildman–Crippen MR) is 66.5 cm³/mol. The van der Waals surface area contributed by atoms with E-state index in [0.717, 1.165) is 17.6 Å². The zero-order valence-corrected chi connectivity index (χ0v) is 10.7. The molecule has 0 bridgehead atoms. The van der Waals surface area contributed by atoms with Gasteiger partial charge in [0.25, 0.3) is 0 Å². The summed E-state index contributed by atoms with van der Waals surface area (Å²) in [5.74, 6) is 1.09. The molecule has 4 heteroatoms. The van der Waals surface area contributed by atoms with Gasteiger partial charge in [0, 0.05) is 5.92 Å². The minimum atomic E-state index is -0.218. The lowest BCUT2D eigenvalue weighted by atomic mass is 10.1. The molecule has 3 atom stereocenters. The number of ether oxygens (including phenoxy) is 3. The number of carbonyl (C=O) groups excluding carboxylic acids is 1. The Labute approximate surface area is 107 Å². The van der Waals surface area contributed by atoms with Crippen molar-refractivity contribution < 1.29 is 19.0 Å². The summed E-state index contributed by atoms with van der Waals surface area (Å²) in [7, 11) is 1.65. The largest absolute Gasteiger partial charge is 0.497 e. The molecule has 1 aliphatic heterocycles. The predicted octanol–water partition coefficient (Wildman–Crippen LogP) is 1.81. The maximum Gasteiger partial charge on any atom is 0.151 e. The lowest BCUT2D eigenvalue weighted by molar-refractivity contribution is -0.108. The van der Waals surface area contributed by atoms with Gasteiger partial charge in [-0.2, -0.15) is 0 Å². The van der Waals surface area contributed by atoms with E-state index in [-0.39, 0.29) is 18.1 Å². The Bertz CT molecular complexity index is 387. The highest BCUT2D eigenvalue weighted by Gasteiger charge is 2.42. The average molecular weight is 250 g/mol. The molecule has 1 aromatic rings. The van der Waals surface area contributed by atoms with Gasteiger partial charge in [-0.1, -0.05) is 19.1 Å². The average Bonchev–Trinajstić information content (AvgIpc) is 3.19. The fourth-order valence-electron chi connectivity index (χ4n) is 1.88. The molecule has 1 fully saturated rings. The fraction of sp³-hybridized carbons (Fsp3) is 0.500. The van der Waals surface area contributed by atoms with Crippen LogP contribution in [0, 0.1) is 5.92 Å². The van der Waals surface area contributed by atoms with Crippen LogP contribution in [0.5, 0.6) is 5.75 Å². The molecule has 0 radical (unpaired) electrons. The molecule has 1 heterocycles. The normalized spacial score (nSPS) is 23.4. The summed E-state index contributed by atoms with van der Waals surface area (Å²) in [6.45, 7) is 3.19. The lowest BCUT2D eigenvalue weighted by Crippen LogP contribution is -2.14. The van der Waals surface area contributed by atoms with Crippen molar-refractivity contribution >= 4 is 6.29 Å². The molecule has 4 nitrogen and oxygen atoms in total. The van der Waals surface area contributed by atoms with Gasteiger partial charge in [0.1, 0.15) is 11.9 Å². The van der Waals surface area contributed by atoms with Crippen molar-refractivity contribution in [2.24, 2.45) is 5.92 Å². The molecular formula is C14H18O4. The standard InChI is InChI=1S/C14H18O4/c1-10(14-13(7-15)18-14)8-17-9-11-3-5-12(16-2)6-4-11/h3-7,10,13-14H,8-9H2,1-2H3/t10-,13-,14-/m0/s1. The van der Waals surface area contributed by atoms with Gasteiger partial charge >= 0.3 is 0 Å². The summed E-state index contributed by atoms with van der Waals surface area (Å²) in [6, 6.07) is 7.78. The van der Waals surface area contributed by atoms with Crippen LogP contribution >= 0.6 is 0 Å². The van der Waals surface area contributed by atoms with E-state index >= 15 is 0 Å². The van der Waals surface area contributed by atoms with E-state index in [9.17, 15) is 4.79 Å². The van der Waals surface area contributed by atoms with Crippen molar-refractivity contribution in [1.82, 2.24) is 0 Å². The quantitative estimate of drug-likeness (QED) is 0.547. The maximum absolute atomic E-state index is 10.5. The number of hydrogen-bond donors (Lipinski definition) is 0. The second-order valence-electron chi connectivity index (χ2n) is 4.54. The van der Waals surface area contributed by atoms with E-state index < -0.39 is 0 Å². The number of hydrogen-bond acceptors (Lipinski definition) is 4. The molecular weight excluding hydrogens is 232 g/mol. The molecule has 0 amide bonds. The molecule has 1 aliphatic rings. The molecule has 98 valence electrons. The molecule has 18 heavy (non-hydrogen) atoms. The number of rotatable bonds is 7. The molecule has 0 spiro atoms. The van der Waals surface area contributed by atoms with Crippen LogP contribution in [-0.4, -0.2) is 32.2 Å². The van der Waals surface area contributed by atoms with E-state index in [0.29, 0.717) is 13.2 Å². The Hall–Kier alpha value is -1.39. The molecule has 1 saturated heterocycles. The molecule has 0 unspecified atom stereocenters. The monoisotopic (exact) mass is 250 g/mol. The van der Waals surface area contributed by atoms with Gasteiger partial charge in [0.05, 0.1) is 26.4 Å². The third kappa shape index (κ3) is 3.31. The summed E-state index contributed by atoms with van der Waals surface area (Å²) >= 11 is 0.